The van der Waals surface area contributed by atoms with Crippen LogP contribution in [0.4, 0.5) is 18.9 Å². The second kappa shape index (κ2) is 7.01. The van der Waals surface area contributed by atoms with Crippen molar-refractivity contribution in [2.24, 2.45) is 0 Å². The SMILES string of the molecule is CC(C)(C)c1cc2cc[nH]c2cc1NC(=O)c1c[nH]c2c(C(F)(F)F)cccc2c1=O. The number of aromatic nitrogens is 2. The Labute approximate surface area is 175 Å². The van der Waals surface area contributed by atoms with Crippen molar-refractivity contribution in [3.05, 3.63) is 75.7 Å². The van der Waals surface area contributed by atoms with Gasteiger partial charge in [-0.2, -0.15) is 13.2 Å². The first-order chi connectivity index (χ1) is 14.5. The summed E-state index contributed by atoms with van der Waals surface area (Å²) < 4.78 is 39.7. The lowest BCUT2D eigenvalue weighted by Gasteiger charge is -2.23. The van der Waals surface area contributed by atoms with Crippen molar-refractivity contribution in [2.45, 2.75) is 32.4 Å². The predicted molar refractivity (Wildman–Crippen MR) is 115 cm³/mol. The molecular formula is C23H20F3N3O2. The topological polar surface area (TPSA) is 77.8 Å². The van der Waals surface area contributed by atoms with Gasteiger partial charge >= 0.3 is 6.18 Å². The number of benzene rings is 2. The van der Waals surface area contributed by atoms with E-state index in [0.29, 0.717) is 5.69 Å². The number of para-hydroxylation sites is 1. The van der Waals surface area contributed by atoms with Crippen LogP contribution in [0.25, 0.3) is 21.8 Å². The Bertz CT molecular complexity index is 1380. The zero-order valence-corrected chi connectivity index (χ0v) is 17.1. The number of nitrogens with one attached hydrogen (secondary N) is 3. The fraction of sp³-hybridized carbons (Fsp3) is 0.217. The maximum absolute atomic E-state index is 13.2. The summed E-state index contributed by atoms with van der Waals surface area (Å²) in [4.78, 5) is 31.4. The van der Waals surface area contributed by atoms with E-state index in [9.17, 15) is 22.8 Å². The van der Waals surface area contributed by atoms with E-state index in [1.54, 1.807) is 12.3 Å². The number of pyridine rings is 1. The summed E-state index contributed by atoms with van der Waals surface area (Å²) in [6.45, 7) is 5.99. The number of alkyl halides is 3. The van der Waals surface area contributed by atoms with E-state index in [0.717, 1.165) is 34.8 Å². The molecule has 3 N–H and O–H groups in total. The third-order valence-electron chi connectivity index (χ3n) is 5.21. The van der Waals surface area contributed by atoms with Crippen LogP contribution in [0.3, 0.4) is 0 Å². The minimum atomic E-state index is -4.63. The van der Waals surface area contributed by atoms with Crippen molar-refractivity contribution in [1.82, 2.24) is 9.97 Å². The van der Waals surface area contributed by atoms with Gasteiger partial charge in [0.1, 0.15) is 5.56 Å². The Morgan fingerprint density at radius 1 is 1.00 bits per heavy atom. The van der Waals surface area contributed by atoms with E-state index >= 15 is 0 Å². The molecule has 2 aromatic carbocycles. The molecule has 0 saturated carbocycles. The second-order valence-corrected chi connectivity index (χ2v) is 8.42. The molecule has 0 unspecified atom stereocenters. The maximum atomic E-state index is 13.2. The minimum Gasteiger partial charge on any atom is -0.361 e. The molecule has 2 heterocycles. The summed E-state index contributed by atoms with van der Waals surface area (Å²) in [7, 11) is 0. The fourth-order valence-corrected chi connectivity index (χ4v) is 3.67. The first-order valence-corrected chi connectivity index (χ1v) is 9.61. The largest absolute Gasteiger partial charge is 0.418 e. The molecule has 0 spiro atoms. The first kappa shape index (κ1) is 20.7. The van der Waals surface area contributed by atoms with Crippen molar-refractivity contribution in [3.8, 4) is 0 Å². The van der Waals surface area contributed by atoms with E-state index in [2.05, 4.69) is 15.3 Å². The van der Waals surface area contributed by atoms with E-state index in [1.165, 1.54) is 6.07 Å². The van der Waals surface area contributed by atoms with Gasteiger partial charge in [-0.05, 0) is 46.7 Å². The molecule has 0 radical (unpaired) electrons. The van der Waals surface area contributed by atoms with Crippen molar-refractivity contribution >= 4 is 33.4 Å². The van der Waals surface area contributed by atoms with Gasteiger partial charge in [-0.25, -0.2) is 0 Å². The summed E-state index contributed by atoms with van der Waals surface area (Å²) in [6, 6.07) is 8.97. The number of hydrogen-bond acceptors (Lipinski definition) is 2. The van der Waals surface area contributed by atoms with Gasteiger partial charge in [0.25, 0.3) is 5.91 Å². The van der Waals surface area contributed by atoms with Crippen LogP contribution in [0, 0.1) is 0 Å². The van der Waals surface area contributed by atoms with Gasteiger partial charge in [-0.15, -0.1) is 0 Å². The van der Waals surface area contributed by atoms with Crippen molar-refractivity contribution < 1.29 is 18.0 Å². The molecule has 2 aromatic heterocycles. The standard InChI is InChI=1S/C23H20F3N3O2/c1-22(2,3)16-9-12-7-8-27-17(12)10-18(16)29-21(31)14-11-28-19-13(20(14)30)5-4-6-15(19)23(24,25)26/h4-11,27H,1-3H3,(H,28,30)(H,29,31). The molecule has 5 nitrogen and oxygen atoms in total. The number of halogens is 3. The van der Waals surface area contributed by atoms with Crippen LogP contribution in [0.15, 0.2) is 53.6 Å². The maximum Gasteiger partial charge on any atom is 0.418 e. The number of anilines is 1. The van der Waals surface area contributed by atoms with Gasteiger partial charge in [0.15, 0.2) is 0 Å². The Morgan fingerprint density at radius 2 is 1.74 bits per heavy atom. The van der Waals surface area contributed by atoms with Crippen LogP contribution in [-0.2, 0) is 11.6 Å². The molecule has 4 aromatic rings. The molecule has 0 atom stereocenters. The highest BCUT2D eigenvalue weighted by molar-refractivity contribution is 6.07. The van der Waals surface area contributed by atoms with Crippen LogP contribution in [0.5, 0.6) is 0 Å². The molecule has 0 aliphatic heterocycles. The second-order valence-electron chi connectivity index (χ2n) is 8.42. The normalized spacial score (nSPS) is 12.5. The Hall–Kier alpha value is -3.55. The smallest absolute Gasteiger partial charge is 0.361 e. The molecule has 8 heteroatoms. The average Bonchev–Trinajstić information content (AvgIpc) is 3.13. The highest BCUT2D eigenvalue weighted by atomic mass is 19.4. The number of carbonyl (C=O) groups excluding carboxylic acids is 1. The summed E-state index contributed by atoms with van der Waals surface area (Å²) in [6.07, 6.45) is -1.81. The molecule has 1 amide bonds. The lowest BCUT2D eigenvalue weighted by Crippen LogP contribution is -2.24. The third kappa shape index (κ3) is 3.69. The summed E-state index contributed by atoms with van der Waals surface area (Å²) in [5.41, 5.74) is -0.438. The van der Waals surface area contributed by atoms with E-state index in [4.69, 9.17) is 0 Å². The summed E-state index contributed by atoms with van der Waals surface area (Å²) in [5.74, 6) is -0.697. The Balaban J connectivity index is 1.80. The fourth-order valence-electron chi connectivity index (χ4n) is 3.67. The molecule has 0 aliphatic carbocycles. The molecular weight excluding hydrogens is 407 g/mol. The zero-order chi connectivity index (χ0) is 22.6. The number of aromatic amines is 2. The average molecular weight is 427 g/mol. The number of amides is 1. The number of rotatable bonds is 2. The van der Waals surface area contributed by atoms with Gasteiger partial charge in [0.2, 0.25) is 5.43 Å². The molecule has 0 saturated heterocycles. The Kier molecular flexibility index (Phi) is 4.68. The van der Waals surface area contributed by atoms with Gasteiger partial charge < -0.3 is 15.3 Å². The van der Waals surface area contributed by atoms with Crippen molar-refractivity contribution in [1.29, 1.82) is 0 Å². The van der Waals surface area contributed by atoms with Crippen LogP contribution >= 0.6 is 0 Å². The van der Waals surface area contributed by atoms with Crippen molar-refractivity contribution in [3.63, 3.8) is 0 Å². The van der Waals surface area contributed by atoms with Crippen LogP contribution in [0.2, 0.25) is 0 Å². The minimum absolute atomic E-state index is 0.196. The van der Waals surface area contributed by atoms with Crippen molar-refractivity contribution in [2.75, 3.05) is 5.32 Å². The summed E-state index contributed by atoms with van der Waals surface area (Å²) in [5, 5.41) is 3.55. The molecule has 4 rings (SSSR count). The molecule has 0 fully saturated rings. The molecule has 31 heavy (non-hydrogen) atoms. The van der Waals surface area contributed by atoms with Gasteiger partial charge in [-0.3, -0.25) is 9.59 Å². The monoisotopic (exact) mass is 427 g/mol. The van der Waals surface area contributed by atoms with E-state index in [-0.39, 0.29) is 21.9 Å². The zero-order valence-electron chi connectivity index (χ0n) is 17.1. The number of carbonyl (C=O) groups is 1. The van der Waals surface area contributed by atoms with E-state index < -0.39 is 23.1 Å². The van der Waals surface area contributed by atoms with E-state index in [1.807, 2.05) is 32.9 Å². The highest BCUT2D eigenvalue weighted by Gasteiger charge is 2.33. The van der Waals surface area contributed by atoms with Crippen LogP contribution in [0.1, 0.15) is 42.3 Å². The number of fused-ring (bicyclic) bond motifs is 2. The quantitative estimate of drug-likeness (QED) is 0.391. The highest BCUT2D eigenvalue weighted by Crippen LogP contribution is 2.34. The summed E-state index contributed by atoms with van der Waals surface area (Å²) >= 11 is 0. The molecule has 0 aliphatic rings. The predicted octanol–water partition coefficient (Wildman–Crippen LogP) is 5.58. The van der Waals surface area contributed by atoms with Crippen LogP contribution < -0.4 is 10.7 Å². The van der Waals surface area contributed by atoms with Gasteiger partial charge in [0.05, 0.1) is 11.1 Å². The number of hydrogen-bond donors (Lipinski definition) is 3. The number of H-pyrrole nitrogens is 2. The van der Waals surface area contributed by atoms with Crippen LogP contribution in [-0.4, -0.2) is 15.9 Å². The molecule has 160 valence electrons. The lowest BCUT2D eigenvalue weighted by atomic mass is 9.85. The lowest BCUT2D eigenvalue weighted by molar-refractivity contribution is -0.136. The molecule has 0 bridgehead atoms. The first-order valence-electron chi connectivity index (χ1n) is 9.61. The third-order valence-corrected chi connectivity index (χ3v) is 5.21. The van der Waals surface area contributed by atoms with Gasteiger partial charge in [0, 0.05) is 29.0 Å². The van der Waals surface area contributed by atoms with Gasteiger partial charge in [-0.1, -0.05) is 26.8 Å². The Morgan fingerprint density at radius 3 is 2.42 bits per heavy atom.